The fraction of sp³-hybridized carbons (Fsp3) is 0.333. The highest BCUT2D eigenvalue weighted by atomic mass is 14.7. The van der Waals surface area contributed by atoms with Crippen molar-refractivity contribution in [2.45, 2.75) is 20.8 Å². The lowest BCUT2D eigenvalue weighted by Gasteiger charge is -1.92. The molecule has 0 aliphatic heterocycles. The maximum absolute atomic E-state index is 5.42. The van der Waals surface area contributed by atoms with E-state index in [0.717, 1.165) is 0 Å². The molecule has 0 aromatic carbocycles. The second-order valence-electron chi connectivity index (χ2n) is 1.73. The van der Waals surface area contributed by atoms with Gasteiger partial charge < -0.3 is 11.5 Å². The standard InChI is InChI=1S/C7H12N2.C2H6/c1-3-4-5-7(9)6(2)8;1-2/h3-5H,1,8-9H2,2H3;1-2H3/b5-4-,7-6-;. The SMILES string of the molecule is C=C/C=C\C(N)=C(/C)N.CC. The molecule has 0 aromatic heterocycles. The van der Waals surface area contributed by atoms with E-state index in [1.54, 1.807) is 25.2 Å². The lowest BCUT2D eigenvalue weighted by molar-refractivity contribution is 1.21. The van der Waals surface area contributed by atoms with Crippen LogP contribution in [0.1, 0.15) is 20.8 Å². The Bertz CT molecular complexity index is 151. The number of rotatable bonds is 2. The van der Waals surface area contributed by atoms with E-state index in [1.165, 1.54) is 0 Å². The van der Waals surface area contributed by atoms with Crippen molar-refractivity contribution in [3.63, 3.8) is 0 Å². The molecule has 11 heavy (non-hydrogen) atoms. The lowest BCUT2D eigenvalue weighted by Crippen LogP contribution is -2.03. The molecule has 0 aliphatic rings. The van der Waals surface area contributed by atoms with Gasteiger partial charge in [-0.15, -0.1) is 0 Å². The third kappa shape index (κ3) is 8.82. The van der Waals surface area contributed by atoms with Crippen molar-refractivity contribution in [1.29, 1.82) is 0 Å². The molecule has 0 saturated heterocycles. The summed E-state index contributed by atoms with van der Waals surface area (Å²) in [7, 11) is 0. The minimum absolute atomic E-state index is 0.593. The molecule has 0 spiro atoms. The Hall–Kier alpha value is -1.18. The second kappa shape index (κ2) is 8.82. The summed E-state index contributed by atoms with van der Waals surface area (Å²) >= 11 is 0. The quantitative estimate of drug-likeness (QED) is 0.597. The summed E-state index contributed by atoms with van der Waals surface area (Å²) in [5, 5.41) is 0. The van der Waals surface area contributed by atoms with Gasteiger partial charge in [0.1, 0.15) is 0 Å². The van der Waals surface area contributed by atoms with Crippen molar-refractivity contribution < 1.29 is 0 Å². The summed E-state index contributed by atoms with van der Waals surface area (Å²) < 4.78 is 0. The van der Waals surface area contributed by atoms with Gasteiger partial charge in [0, 0.05) is 5.70 Å². The zero-order valence-electron chi connectivity index (χ0n) is 7.59. The van der Waals surface area contributed by atoms with Crippen LogP contribution in [0.5, 0.6) is 0 Å². The van der Waals surface area contributed by atoms with E-state index in [0.29, 0.717) is 11.4 Å². The van der Waals surface area contributed by atoms with Crippen LogP contribution in [0, 0.1) is 0 Å². The molecule has 0 heterocycles. The maximum Gasteiger partial charge on any atom is 0.0501 e. The van der Waals surface area contributed by atoms with Gasteiger partial charge in [-0.2, -0.15) is 0 Å². The summed E-state index contributed by atoms with van der Waals surface area (Å²) in [4.78, 5) is 0. The summed E-state index contributed by atoms with van der Waals surface area (Å²) in [6.07, 6.45) is 5.10. The highest BCUT2D eigenvalue weighted by molar-refractivity contribution is 5.21. The van der Waals surface area contributed by atoms with E-state index in [9.17, 15) is 0 Å². The molecule has 0 bridgehead atoms. The lowest BCUT2D eigenvalue weighted by atomic mass is 10.3. The van der Waals surface area contributed by atoms with E-state index in [-0.39, 0.29) is 0 Å². The van der Waals surface area contributed by atoms with E-state index in [1.807, 2.05) is 13.8 Å². The normalized spacial score (nSPS) is 11.5. The summed E-state index contributed by atoms with van der Waals surface area (Å²) in [6, 6.07) is 0. The zero-order chi connectivity index (χ0) is 9.28. The van der Waals surface area contributed by atoms with E-state index in [4.69, 9.17) is 11.5 Å². The van der Waals surface area contributed by atoms with E-state index < -0.39 is 0 Å². The molecule has 0 aromatic rings. The van der Waals surface area contributed by atoms with Crippen LogP contribution in [0.15, 0.2) is 36.2 Å². The van der Waals surface area contributed by atoms with Crippen molar-refractivity contribution >= 4 is 0 Å². The highest BCUT2D eigenvalue weighted by Crippen LogP contribution is 1.90. The summed E-state index contributed by atoms with van der Waals surface area (Å²) in [6.45, 7) is 9.24. The number of nitrogens with two attached hydrogens (primary N) is 2. The van der Waals surface area contributed by atoms with Crippen molar-refractivity contribution in [2.24, 2.45) is 11.5 Å². The average Bonchev–Trinajstić information content (AvgIpc) is 2.03. The van der Waals surface area contributed by atoms with Gasteiger partial charge in [-0.05, 0) is 13.0 Å². The smallest absolute Gasteiger partial charge is 0.0501 e. The van der Waals surface area contributed by atoms with Crippen molar-refractivity contribution in [3.05, 3.63) is 36.2 Å². The average molecular weight is 154 g/mol. The maximum atomic E-state index is 5.42. The van der Waals surface area contributed by atoms with Crippen LogP contribution in [0.4, 0.5) is 0 Å². The van der Waals surface area contributed by atoms with Crippen molar-refractivity contribution in [1.82, 2.24) is 0 Å². The Labute approximate surface area is 69.3 Å². The second-order valence-corrected chi connectivity index (χ2v) is 1.73. The third-order valence-corrected chi connectivity index (χ3v) is 0.867. The third-order valence-electron chi connectivity index (χ3n) is 0.867. The Balaban J connectivity index is 0. The van der Waals surface area contributed by atoms with Gasteiger partial charge in [-0.1, -0.05) is 32.6 Å². The van der Waals surface area contributed by atoms with Gasteiger partial charge in [-0.3, -0.25) is 0 Å². The van der Waals surface area contributed by atoms with Crippen LogP contribution in [-0.4, -0.2) is 0 Å². The first kappa shape index (κ1) is 12.5. The molecule has 2 nitrogen and oxygen atoms in total. The number of hydrogen-bond donors (Lipinski definition) is 2. The molecular formula is C9H18N2. The van der Waals surface area contributed by atoms with Gasteiger partial charge in [-0.25, -0.2) is 0 Å². The molecule has 2 heteroatoms. The Kier molecular flexibility index (Phi) is 10.0. The predicted molar refractivity (Wildman–Crippen MR) is 51.8 cm³/mol. The van der Waals surface area contributed by atoms with Crippen LogP contribution in [-0.2, 0) is 0 Å². The molecule has 0 aliphatic carbocycles. The summed E-state index contributed by atoms with van der Waals surface area (Å²) in [5.41, 5.74) is 12.0. The van der Waals surface area contributed by atoms with Crippen LogP contribution in [0.2, 0.25) is 0 Å². The van der Waals surface area contributed by atoms with Gasteiger partial charge in [0.15, 0.2) is 0 Å². The predicted octanol–water partition coefficient (Wildman–Crippen LogP) is 1.90. The first-order chi connectivity index (χ1) is 5.18. The van der Waals surface area contributed by atoms with Gasteiger partial charge in [0.2, 0.25) is 0 Å². The van der Waals surface area contributed by atoms with Gasteiger partial charge in [0.25, 0.3) is 0 Å². The Morgan fingerprint density at radius 3 is 2.00 bits per heavy atom. The number of hydrogen-bond acceptors (Lipinski definition) is 2. The molecule has 64 valence electrons. The molecule has 0 atom stereocenters. The zero-order valence-corrected chi connectivity index (χ0v) is 7.59. The Morgan fingerprint density at radius 1 is 1.27 bits per heavy atom. The molecule has 0 amide bonds. The van der Waals surface area contributed by atoms with Crippen LogP contribution in [0.25, 0.3) is 0 Å². The molecule has 0 saturated carbocycles. The van der Waals surface area contributed by atoms with Crippen molar-refractivity contribution in [3.8, 4) is 0 Å². The van der Waals surface area contributed by atoms with Crippen molar-refractivity contribution in [2.75, 3.05) is 0 Å². The highest BCUT2D eigenvalue weighted by Gasteiger charge is 1.82. The number of allylic oxidation sites excluding steroid dienone is 4. The first-order valence-corrected chi connectivity index (χ1v) is 3.69. The largest absolute Gasteiger partial charge is 0.401 e. The monoisotopic (exact) mass is 154 g/mol. The van der Waals surface area contributed by atoms with Crippen LogP contribution in [0.3, 0.4) is 0 Å². The van der Waals surface area contributed by atoms with Crippen LogP contribution >= 0.6 is 0 Å². The van der Waals surface area contributed by atoms with Crippen LogP contribution < -0.4 is 11.5 Å². The minimum Gasteiger partial charge on any atom is -0.401 e. The molecule has 4 N–H and O–H groups in total. The fourth-order valence-electron chi connectivity index (χ4n) is 0.303. The first-order valence-electron chi connectivity index (χ1n) is 3.69. The summed E-state index contributed by atoms with van der Waals surface area (Å²) in [5.74, 6) is 0. The van der Waals surface area contributed by atoms with Gasteiger partial charge >= 0.3 is 0 Å². The molecule has 0 fully saturated rings. The molecular weight excluding hydrogens is 136 g/mol. The topological polar surface area (TPSA) is 52.0 Å². The van der Waals surface area contributed by atoms with E-state index in [2.05, 4.69) is 6.58 Å². The van der Waals surface area contributed by atoms with E-state index >= 15 is 0 Å². The fourth-order valence-corrected chi connectivity index (χ4v) is 0.303. The Morgan fingerprint density at radius 2 is 1.73 bits per heavy atom. The molecule has 0 unspecified atom stereocenters. The molecule has 0 rings (SSSR count). The molecule has 0 radical (unpaired) electrons. The van der Waals surface area contributed by atoms with Gasteiger partial charge in [0.05, 0.1) is 5.70 Å². The minimum atomic E-state index is 0.593.